The Morgan fingerprint density at radius 2 is 2.25 bits per heavy atom. The van der Waals surface area contributed by atoms with E-state index >= 15 is 0 Å². The van der Waals surface area contributed by atoms with Crippen molar-refractivity contribution in [2.75, 3.05) is 40.8 Å². The quantitative estimate of drug-likeness (QED) is 0.594. The van der Waals surface area contributed by atoms with Gasteiger partial charge >= 0.3 is 0 Å². The van der Waals surface area contributed by atoms with Gasteiger partial charge in [0.2, 0.25) is 0 Å². The molecule has 0 saturated carbocycles. The molecule has 1 aliphatic heterocycles. The molecule has 1 aromatic heterocycles. The molecule has 20 heavy (non-hydrogen) atoms. The van der Waals surface area contributed by atoms with Crippen molar-refractivity contribution in [3.05, 3.63) is 24.0 Å². The Kier molecular flexibility index (Phi) is 5.31. The number of nitrogens with one attached hydrogen (secondary N) is 1. The number of rotatable bonds is 5. The molecule has 2 rings (SSSR count). The maximum absolute atomic E-state index is 5.74. The average molecular weight is 279 g/mol. The molecule has 112 valence electrons. The molecule has 0 bridgehead atoms. The minimum Gasteiger partial charge on any atom is -0.495 e. The number of ether oxygens (including phenoxy) is 1. The van der Waals surface area contributed by atoms with Crippen molar-refractivity contribution in [3.8, 4) is 5.75 Å². The molecule has 2 atom stereocenters. The van der Waals surface area contributed by atoms with E-state index < -0.39 is 0 Å². The van der Waals surface area contributed by atoms with Gasteiger partial charge in [0.15, 0.2) is 0 Å². The summed E-state index contributed by atoms with van der Waals surface area (Å²) in [6, 6.07) is 2.56. The zero-order chi connectivity index (χ0) is 14.5. The Balaban J connectivity index is 2.07. The molecule has 0 aliphatic carbocycles. The van der Waals surface area contributed by atoms with Gasteiger partial charge in [0.1, 0.15) is 5.75 Å². The molecule has 1 fully saturated rings. The molecule has 6 nitrogen and oxygen atoms in total. The van der Waals surface area contributed by atoms with Gasteiger partial charge in [-0.05, 0) is 32.1 Å². The Bertz CT molecular complexity index is 428. The molecule has 1 aromatic rings. The lowest BCUT2D eigenvalue weighted by atomic mass is 9.98. The minimum atomic E-state index is 0.0801. The number of nitrogens with two attached hydrogens (primary N) is 1. The highest BCUT2D eigenvalue weighted by atomic mass is 16.5. The van der Waals surface area contributed by atoms with Gasteiger partial charge in [-0.2, -0.15) is 0 Å². The van der Waals surface area contributed by atoms with Gasteiger partial charge < -0.3 is 14.5 Å². The maximum Gasteiger partial charge on any atom is 0.137 e. The molecule has 3 N–H and O–H groups in total. The summed E-state index contributed by atoms with van der Waals surface area (Å²) < 4.78 is 5.23. The highest BCUT2D eigenvalue weighted by molar-refractivity contribution is 5.26. The molecule has 0 amide bonds. The minimum absolute atomic E-state index is 0.0801. The second-order valence-corrected chi connectivity index (χ2v) is 5.51. The lowest BCUT2D eigenvalue weighted by Crippen LogP contribution is -2.51. The van der Waals surface area contributed by atoms with Crippen LogP contribution in [-0.4, -0.2) is 61.7 Å². The molecule has 1 saturated heterocycles. The van der Waals surface area contributed by atoms with Gasteiger partial charge in [-0.25, -0.2) is 0 Å². The summed E-state index contributed by atoms with van der Waals surface area (Å²) in [6.45, 7) is 3.27. The summed E-state index contributed by atoms with van der Waals surface area (Å²) in [4.78, 5) is 8.97. The number of likely N-dealkylation sites (N-methyl/N-ethyl adjacent to an activating group) is 2. The molecule has 2 unspecified atom stereocenters. The van der Waals surface area contributed by atoms with E-state index in [4.69, 9.17) is 10.6 Å². The SMILES string of the molecule is COc1cncc(C(CC2CN(C)CCN2C)NN)c1. The lowest BCUT2D eigenvalue weighted by Gasteiger charge is -2.39. The van der Waals surface area contributed by atoms with Crippen LogP contribution in [-0.2, 0) is 0 Å². The van der Waals surface area contributed by atoms with Gasteiger partial charge in [-0.3, -0.25) is 16.3 Å². The summed E-state index contributed by atoms with van der Waals surface area (Å²) in [6.07, 6.45) is 4.50. The number of pyridine rings is 1. The fraction of sp³-hybridized carbons (Fsp3) is 0.643. The van der Waals surface area contributed by atoms with Crippen LogP contribution in [0.1, 0.15) is 18.0 Å². The molecule has 6 heteroatoms. The van der Waals surface area contributed by atoms with Gasteiger partial charge in [0.05, 0.1) is 13.3 Å². The van der Waals surface area contributed by atoms with Crippen LogP contribution in [0.3, 0.4) is 0 Å². The zero-order valence-electron chi connectivity index (χ0n) is 12.5. The number of aromatic nitrogens is 1. The van der Waals surface area contributed by atoms with E-state index in [2.05, 4.69) is 34.3 Å². The highest BCUT2D eigenvalue weighted by Gasteiger charge is 2.25. The van der Waals surface area contributed by atoms with E-state index in [0.717, 1.165) is 37.4 Å². The number of nitrogens with zero attached hydrogens (tertiary/aromatic N) is 3. The highest BCUT2D eigenvalue weighted by Crippen LogP contribution is 2.23. The smallest absolute Gasteiger partial charge is 0.137 e. The van der Waals surface area contributed by atoms with Crippen LogP contribution in [0.5, 0.6) is 5.75 Å². The number of hydrogen-bond donors (Lipinski definition) is 2. The maximum atomic E-state index is 5.74. The Hall–Kier alpha value is -1.21. The summed E-state index contributed by atoms with van der Waals surface area (Å²) in [7, 11) is 5.99. The van der Waals surface area contributed by atoms with Crippen molar-refractivity contribution in [2.45, 2.75) is 18.5 Å². The molecule has 2 heterocycles. The number of hydrogen-bond acceptors (Lipinski definition) is 6. The van der Waals surface area contributed by atoms with Crippen LogP contribution in [0.4, 0.5) is 0 Å². The van der Waals surface area contributed by atoms with E-state index in [9.17, 15) is 0 Å². The first-order valence-corrected chi connectivity index (χ1v) is 6.98. The third kappa shape index (κ3) is 3.67. The second kappa shape index (κ2) is 6.99. The molecular formula is C14H25N5O. The normalized spacial score (nSPS) is 22.7. The van der Waals surface area contributed by atoms with Gasteiger partial charge in [0, 0.05) is 37.9 Å². The van der Waals surface area contributed by atoms with E-state index in [0.29, 0.717) is 6.04 Å². The van der Waals surface area contributed by atoms with E-state index in [1.54, 1.807) is 13.3 Å². The van der Waals surface area contributed by atoms with Gasteiger partial charge in [-0.1, -0.05) is 0 Å². The first-order valence-electron chi connectivity index (χ1n) is 6.98. The summed E-state index contributed by atoms with van der Waals surface area (Å²) in [5.41, 5.74) is 3.98. The van der Waals surface area contributed by atoms with Gasteiger partial charge in [0.25, 0.3) is 0 Å². The topological polar surface area (TPSA) is 66.7 Å². The number of hydrazine groups is 1. The van der Waals surface area contributed by atoms with Gasteiger partial charge in [-0.15, -0.1) is 0 Å². The van der Waals surface area contributed by atoms with Crippen LogP contribution < -0.4 is 16.0 Å². The fourth-order valence-electron chi connectivity index (χ4n) is 2.67. The van der Waals surface area contributed by atoms with Crippen LogP contribution in [0.2, 0.25) is 0 Å². The predicted octanol–water partition coefficient (Wildman–Crippen LogP) is 0.231. The standard InChI is InChI=1S/C14H25N5O/c1-18-4-5-19(2)12(10-18)7-14(17-15)11-6-13(20-3)9-16-8-11/h6,8-9,12,14,17H,4-5,7,10,15H2,1-3H3. The van der Waals surface area contributed by atoms with E-state index in [1.807, 2.05) is 12.3 Å². The van der Waals surface area contributed by atoms with Crippen LogP contribution in [0.25, 0.3) is 0 Å². The van der Waals surface area contributed by atoms with Crippen LogP contribution in [0.15, 0.2) is 18.5 Å². The second-order valence-electron chi connectivity index (χ2n) is 5.51. The molecule has 0 aromatic carbocycles. The van der Waals surface area contributed by atoms with E-state index in [1.165, 1.54) is 0 Å². The summed E-state index contributed by atoms with van der Waals surface area (Å²) in [5, 5.41) is 0. The molecular weight excluding hydrogens is 254 g/mol. The van der Waals surface area contributed by atoms with Crippen molar-refractivity contribution < 1.29 is 4.74 Å². The third-order valence-corrected chi connectivity index (χ3v) is 4.06. The van der Waals surface area contributed by atoms with Crippen molar-refractivity contribution in [2.24, 2.45) is 5.84 Å². The van der Waals surface area contributed by atoms with Crippen molar-refractivity contribution in [1.29, 1.82) is 0 Å². The van der Waals surface area contributed by atoms with Crippen molar-refractivity contribution in [1.82, 2.24) is 20.2 Å². The summed E-state index contributed by atoms with van der Waals surface area (Å²) in [5.74, 6) is 6.50. The molecule has 0 radical (unpaired) electrons. The first-order chi connectivity index (χ1) is 9.63. The monoisotopic (exact) mass is 279 g/mol. The Labute approximate surface area is 120 Å². The fourth-order valence-corrected chi connectivity index (χ4v) is 2.67. The summed E-state index contributed by atoms with van der Waals surface area (Å²) >= 11 is 0. The molecule has 1 aliphatic rings. The van der Waals surface area contributed by atoms with Crippen molar-refractivity contribution in [3.63, 3.8) is 0 Å². The zero-order valence-corrected chi connectivity index (χ0v) is 12.5. The average Bonchev–Trinajstić information content (AvgIpc) is 2.48. The first kappa shape index (κ1) is 15.2. The third-order valence-electron chi connectivity index (χ3n) is 4.06. The number of piperazine rings is 1. The van der Waals surface area contributed by atoms with Crippen LogP contribution >= 0.6 is 0 Å². The largest absolute Gasteiger partial charge is 0.495 e. The Morgan fingerprint density at radius 1 is 1.45 bits per heavy atom. The van der Waals surface area contributed by atoms with E-state index in [-0.39, 0.29) is 6.04 Å². The number of methoxy groups -OCH3 is 1. The molecule has 0 spiro atoms. The Morgan fingerprint density at radius 3 is 2.95 bits per heavy atom. The van der Waals surface area contributed by atoms with Crippen LogP contribution in [0, 0.1) is 0 Å². The lowest BCUT2D eigenvalue weighted by molar-refractivity contribution is 0.101. The predicted molar refractivity (Wildman–Crippen MR) is 79.4 cm³/mol. The van der Waals surface area contributed by atoms with Crippen molar-refractivity contribution >= 4 is 0 Å².